The van der Waals surface area contributed by atoms with Gasteiger partial charge in [0.15, 0.2) is 0 Å². The summed E-state index contributed by atoms with van der Waals surface area (Å²) in [6, 6.07) is 3.21. The summed E-state index contributed by atoms with van der Waals surface area (Å²) in [6.07, 6.45) is 8.31. The van der Waals surface area contributed by atoms with Crippen LogP contribution in [-0.2, 0) is 0 Å². The highest BCUT2D eigenvalue weighted by Crippen LogP contribution is 2.42. The molecule has 0 radical (unpaired) electrons. The Labute approximate surface area is 74.1 Å². The number of rotatable bonds is 1. The van der Waals surface area contributed by atoms with Gasteiger partial charge < -0.3 is 5.73 Å². The molecule has 3 rings (SSSR count). The molecule has 2 N–H and O–H groups in total. The summed E-state index contributed by atoms with van der Waals surface area (Å²) in [5.74, 6) is 0. The van der Waals surface area contributed by atoms with Crippen LogP contribution in [0.3, 0.4) is 0 Å². The molecular weight excluding hydrogens is 148 g/mol. The van der Waals surface area contributed by atoms with Crippen molar-refractivity contribution >= 4 is 0 Å². The van der Waals surface area contributed by atoms with E-state index in [1.54, 1.807) is 0 Å². The molecule has 2 saturated heterocycles. The standard InChI is InChI=1S/C10H18N2/c11-7-5-9-3-4-10(6-7)12(9)8-1-2-8/h7-10H,1-6,11H2/t9-,10-/m1/s1. The van der Waals surface area contributed by atoms with Crippen molar-refractivity contribution in [3.05, 3.63) is 0 Å². The zero-order valence-electron chi connectivity index (χ0n) is 7.58. The summed E-state index contributed by atoms with van der Waals surface area (Å²) in [4.78, 5) is 2.80. The molecule has 2 atom stereocenters. The van der Waals surface area contributed by atoms with Crippen molar-refractivity contribution in [2.75, 3.05) is 0 Å². The molecule has 0 aromatic carbocycles. The first-order valence-corrected chi connectivity index (χ1v) is 5.37. The Balaban J connectivity index is 1.78. The Morgan fingerprint density at radius 3 is 1.83 bits per heavy atom. The van der Waals surface area contributed by atoms with E-state index in [1.165, 1.54) is 38.5 Å². The SMILES string of the molecule is NC1C[C@H]2CC[C@H](C1)N2C1CC1. The minimum atomic E-state index is 0.512. The van der Waals surface area contributed by atoms with Crippen LogP contribution in [0, 0.1) is 0 Å². The van der Waals surface area contributed by atoms with E-state index in [1.807, 2.05) is 0 Å². The van der Waals surface area contributed by atoms with Gasteiger partial charge in [0.1, 0.15) is 0 Å². The van der Waals surface area contributed by atoms with Gasteiger partial charge in [-0.3, -0.25) is 4.90 Å². The normalized spacial score (nSPS) is 48.2. The Morgan fingerprint density at radius 2 is 1.33 bits per heavy atom. The monoisotopic (exact) mass is 166 g/mol. The van der Waals surface area contributed by atoms with Gasteiger partial charge in [0.25, 0.3) is 0 Å². The zero-order valence-corrected chi connectivity index (χ0v) is 7.58. The molecule has 2 nitrogen and oxygen atoms in total. The van der Waals surface area contributed by atoms with Crippen molar-refractivity contribution in [3.63, 3.8) is 0 Å². The van der Waals surface area contributed by atoms with E-state index in [0.29, 0.717) is 6.04 Å². The van der Waals surface area contributed by atoms with Crippen molar-refractivity contribution < 1.29 is 0 Å². The second-order valence-electron chi connectivity index (χ2n) is 4.79. The van der Waals surface area contributed by atoms with Crippen LogP contribution in [0.15, 0.2) is 0 Å². The first-order chi connectivity index (χ1) is 5.84. The van der Waals surface area contributed by atoms with Gasteiger partial charge in [-0.1, -0.05) is 0 Å². The van der Waals surface area contributed by atoms with Crippen LogP contribution in [0.2, 0.25) is 0 Å². The first-order valence-electron chi connectivity index (χ1n) is 5.37. The molecule has 2 heterocycles. The van der Waals surface area contributed by atoms with Gasteiger partial charge in [-0.05, 0) is 38.5 Å². The van der Waals surface area contributed by atoms with Crippen molar-refractivity contribution in [1.29, 1.82) is 0 Å². The third-order valence-electron chi connectivity index (χ3n) is 3.79. The van der Waals surface area contributed by atoms with Gasteiger partial charge in [-0.25, -0.2) is 0 Å². The molecule has 2 aliphatic heterocycles. The summed E-state index contributed by atoms with van der Waals surface area (Å²) in [5, 5.41) is 0. The van der Waals surface area contributed by atoms with Gasteiger partial charge in [-0.2, -0.15) is 0 Å². The molecule has 3 fully saturated rings. The molecular formula is C10H18N2. The smallest absolute Gasteiger partial charge is 0.0116 e. The number of fused-ring (bicyclic) bond motifs is 2. The zero-order chi connectivity index (χ0) is 8.13. The van der Waals surface area contributed by atoms with Crippen LogP contribution >= 0.6 is 0 Å². The molecule has 0 unspecified atom stereocenters. The predicted octanol–water partition coefficient (Wildman–Crippen LogP) is 1.10. The summed E-state index contributed by atoms with van der Waals surface area (Å²) in [6.45, 7) is 0. The summed E-state index contributed by atoms with van der Waals surface area (Å²) < 4.78 is 0. The lowest BCUT2D eigenvalue weighted by atomic mass is 9.98. The van der Waals surface area contributed by atoms with E-state index in [4.69, 9.17) is 5.73 Å². The van der Waals surface area contributed by atoms with E-state index in [2.05, 4.69) is 4.90 Å². The first kappa shape index (κ1) is 7.34. The van der Waals surface area contributed by atoms with E-state index in [-0.39, 0.29) is 0 Å². The Morgan fingerprint density at radius 1 is 0.833 bits per heavy atom. The van der Waals surface area contributed by atoms with E-state index < -0.39 is 0 Å². The molecule has 0 spiro atoms. The number of hydrogen-bond acceptors (Lipinski definition) is 2. The maximum absolute atomic E-state index is 6.01. The molecule has 2 bridgehead atoms. The summed E-state index contributed by atoms with van der Waals surface area (Å²) in [7, 11) is 0. The lowest BCUT2D eigenvalue weighted by Gasteiger charge is -2.37. The molecule has 0 aromatic heterocycles. The van der Waals surface area contributed by atoms with Gasteiger partial charge >= 0.3 is 0 Å². The van der Waals surface area contributed by atoms with Crippen molar-refractivity contribution in [2.24, 2.45) is 5.73 Å². The Bertz CT molecular complexity index is 174. The van der Waals surface area contributed by atoms with Crippen molar-refractivity contribution in [3.8, 4) is 0 Å². The number of hydrogen-bond donors (Lipinski definition) is 1. The Hall–Kier alpha value is -0.0800. The highest BCUT2D eigenvalue weighted by molar-refractivity contribution is 5.02. The van der Waals surface area contributed by atoms with Gasteiger partial charge in [-0.15, -0.1) is 0 Å². The molecule has 1 aliphatic carbocycles. The lowest BCUT2D eigenvalue weighted by molar-refractivity contribution is 0.119. The van der Waals surface area contributed by atoms with Crippen molar-refractivity contribution in [1.82, 2.24) is 4.90 Å². The predicted molar refractivity (Wildman–Crippen MR) is 48.9 cm³/mol. The maximum atomic E-state index is 6.01. The number of nitrogens with two attached hydrogens (primary N) is 1. The van der Waals surface area contributed by atoms with E-state index in [9.17, 15) is 0 Å². The summed E-state index contributed by atoms with van der Waals surface area (Å²) >= 11 is 0. The fraction of sp³-hybridized carbons (Fsp3) is 1.00. The lowest BCUT2D eigenvalue weighted by Crippen LogP contribution is -2.48. The number of nitrogens with zero attached hydrogens (tertiary/aromatic N) is 1. The quantitative estimate of drug-likeness (QED) is 0.632. The number of piperidine rings is 1. The third-order valence-corrected chi connectivity index (χ3v) is 3.79. The molecule has 12 heavy (non-hydrogen) atoms. The highest BCUT2D eigenvalue weighted by Gasteiger charge is 2.45. The fourth-order valence-electron chi connectivity index (χ4n) is 3.22. The van der Waals surface area contributed by atoms with Crippen LogP contribution in [-0.4, -0.2) is 29.1 Å². The van der Waals surface area contributed by atoms with Crippen LogP contribution in [0.5, 0.6) is 0 Å². The maximum Gasteiger partial charge on any atom is 0.0116 e. The minimum Gasteiger partial charge on any atom is -0.328 e. The third kappa shape index (κ3) is 1.01. The van der Waals surface area contributed by atoms with E-state index >= 15 is 0 Å². The molecule has 1 saturated carbocycles. The van der Waals surface area contributed by atoms with Crippen LogP contribution in [0.25, 0.3) is 0 Å². The fourth-order valence-corrected chi connectivity index (χ4v) is 3.22. The molecule has 0 aromatic rings. The molecule has 3 aliphatic rings. The van der Waals surface area contributed by atoms with Crippen molar-refractivity contribution in [2.45, 2.75) is 62.7 Å². The molecule has 68 valence electrons. The second-order valence-corrected chi connectivity index (χ2v) is 4.79. The minimum absolute atomic E-state index is 0.512. The van der Waals surface area contributed by atoms with Gasteiger partial charge in [0.05, 0.1) is 0 Å². The molecule has 2 heteroatoms. The van der Waals surface area contributed by atoms with Crippen LogP contribution < -0.4 is 5.73 Å². The summed E-state index contributed by atoms with van der Waals surface area (Å²) in [5.41, 5.74) is 6.01. The van der Waals surface area contributed by atoms with Crippen LogP contribution in [0.4, 0.5) is 0 Å². The van der Waals surface area contributed by atoms with E-state index in [0.717, 1.165) is 18.1 Å². The van der Waals surface area contributed by atoms with Gasteiger partial charge in [0, 0.05) is 24.2 Å². The topological polar surface area (TPSA) is 29.3 Å². The Kier molecular flexibility index (Phi) is 1.50. The van der Waals surface area contributed by atoms with Gasteiger partial charge in [0.2, 0.25) is 0 Å². The van der Waals surface area contributed by atoms with Crippen LogP contribution in [0.1, 0.15) is 38.5 Å². The average molecular weight is 166 g/mol. The average Bonchev–Trinajstić information content (AvgIpc) is 2.80. The largest absolute Gasteiger partial charge is 0.328 e. The second kappa shape index (κ2) is 2.46. The molecule has 0 amide bonds. The highest BCUT2D eigenvalue weighted by atomic mass is 15.3.